The molecule has 0 spiro atoms. The molecule has 1 aromatic carbocycles. The van der Waals surface area contributed by atoms with Crippen molar-refractivity contribution in [2.75, 3.05) is 17.3 Å². The Kier molecular flexibility index (Phi) is 3.37. The number of amides is 1. The fourth-order valence-electron chi connectivity index (χ4n) is 2.55. The summed E-state index contributed by atoms with van der Waals surface area (Å²) in [7, 11) is 1.88. The number of hydrogen-bond donors (Lipinski definition) is 1. The number of aromatic nitrogens is 1. The molecule has 0 radical (unpaired) electrons. The molecule has 20 heavy (non-hydrogen) atoms. The van der Waals surface area contributed by atoms with Crippen LogP contribution in [0.15, 0.2) is 42.6 Å². The zero-order valence-electron chi connectivity index (χ0n) is 11.5. The molecule has 4 nitrogen and oxygen atoms in total. The third-order valence-corrected chi connectivity index (χ3v) is 3.62. The molecule has 1 aliphatic heterocycles. The lowest BCUT2D eigenvalue weighted by atomic mass is 10.0. The highest BCUT2D eigenvalue weighted by Gasteiger charge is 2.24. The Morgan fingerprint density at radius 1 is 1.25 bits per heavy atom. The largest absolute Gasteiger partial charge is 0.388 e. The Morgan fingerprint density at radius 2 is 2.10 bits per heavy atom. The summed E-state index contributed by atoms with van der Waals surface area (Å²) in [6.45, 7) is 0.519. The molecule has 0 saturated heterocycles. The third kappa shape index (κ3) is 2.37. The second-order valence-electron chi connectivity index (χ2n) is 4.89. The minimum absolute atomic E-state index is 0.167. The first kappa shape index (κ1) is 12.7. The van der Waals surface area contributed by atoms with Crippen molar-refractivity contribution in [3.63, 3.8) is 0 Å². The van der Waals surface area contributed by atoms with Crippen LogP contribution >= 0.6 is 0 Å². The van der Waals surface area contributed by atoms with Gasteiger partial charge in [-0.15, -0.1) is 0 Å². The van der Waals surface area contributed by atoms with E-state index in [0.717, 1.165) is 23.5 Å². The monoisotopic (exact) mass is 267 g/mol. The summed E-state index contributed by atoms with van der Waals surface area (Å²) in [4.78, 5) is 18.4. The predicted octanol–water partition coefficient (Wildman–Crippen LogP) is 2.60. The summed E-state index contributed by atoms with van der Waals surface area (Å²) in [6, 6.07) is 12.0. The number of hydrogen-bond acceptors (Lipinski definition) is 3. The van der Waals surface area contributed by atoms with Crippen molar-refractivity contribution in [3.8, 4) is 0 Å². The number of pyridine rings is 1. The van der Waals surface area contributed by atoms with Crippen LogP contribution in [0.3, 0.4) is 0 Å². The van der Waals surface area contributed by atoms with Crippen molar-refractivity contribution >= 4 is 17.3 Å². The van der Waals surface area contributed by atoms with Gasteiger partial charge in [-0.3, -0.25) is 9.78 Å². The van der Waals surface area contributed by atoms with Gasteiger partial charge in [0.1, 0.15) is 0 Å². The molecule has 102 valence electrons. The first-order valence-corrected chi connectivity index (χ1v) is 6.79. The SMILES string of the molecule is CNc1ccnc(CN2C(=O)CCc3ccccc32)c1. The lowest BCUT2D eigenvalue weighted by molar-refractivity contribution is -0.119. The number of benzene rings is 1. The third-order valence-electron chi connectivity index (χ3n) is 3.62. The van der Waals surface area contributed by atoms with E-state index in [1.165, 1.54) is 5.56 Å². The number of anilines is 2. The molecule has 1 aliphatic rings. The summed E-state index contributed by atoms with van der Waals surface area (Å²) in [6.07, 6.45) is 3.17. The first-order chi connectivity index (χ1) is 9.78. The summed E-state index contributed by atoms with van der Waals surface area (Å²) >= 11 is 0. The van der Waals surface area contributed by atoms with Crippen molar-refractivity contribution in [3.05, 3.63) is 53.9 Å². The highest BCUT2D eigenvalue weighted by Crippen LogP contribution is 2.28. The molecular formula is C16H17N3O. The fourth-order valence-corrected chi connectivity index (χ4v) is 2.55. The zero-order chi connectivity index (χ0) is 13.9. The number of rotatable bonds is 3. The van der Waals surface area contributed by atoms with Gasteiger partial charge in [-0.2, -0.15) is 0 Å². The minimum Gasteiger partial charge on any atom is -0.388 e. The van der Waals surface area contributed by atoms with Crippen LogP contribution in [0.4, 0.5) is 11.4 Å². The number of aryl methyl sites for hydroxylation is 1. The van der Waals surface area contributed by atoms with Crippen LogP contribution in [0, 0.1) is 0 Å². The van der Waals surface area contributed by atoms with Crippen molar-refractivity contribution in [2.24, 2.45) is 0 Å². The van der Waals surface area contributed by atoms with Gasteiger partial charge in [-0.25, -0.2) is 0 Å². The molecule has 2 heterocycles. The van der Waals surface area contributed by atoms with Crippen molar-refractivity contribution in [1.82, 2.24) is 4.98 Å². The van der Waals surface area contributed by atoms with E-state index >= 15 is 0 Å². The van der Waals surface area contributed by atoms with Crippen molar-refractivity contribution in [2.45, 2.75) is 19.4 Å². The molecule has 0 bridgehead atoms. The average Bonchev–Trinajstić information content (AvgIpc) is 2.50. The quantitative estimate of drug-likeness (QED) is 0.929. The van der Waals surface area contributed by atoms with Crippen molar-refractivity contribution < 1.29 is 4.79 Å². The topological polar surface area (TPSA) is 45.2 Å². The Hall–Kier alpha value is -2.36. The van der Waals surface area contributed by atoms with Gasteiger partial charge in [-0.05, 0) is 30.2 Å². The zero-order valence-corrected chi connectivity index (χ0v) is 11.5. The summed E-state index contributed by atoms with van der Waals surface area (Å²) in [5, 5.41) is 3.09. The maximum absolute atomic E-state index is 12.2. The van der Waals surface area contributed by atoms with E-state index in [1.54, 1.807) is 6.20 Å². The Morgan fingerprint density at radius 3 is 2.95 bits per heavy atom. The van der Waals surface area contributed by atoms with Crippen LogP contribution in [-0.2, 0) is 17.8 Å². The Bertz CT molecular complexity index is 639. The van der Waals surface area contributed by atoms with E-state index < -0.39 is 0 Å². The van der Waals surface area contributed by atoms with Gasteiger partial charge < -0.3 is 10.2 Å². The standard InChI is InChI=1S/C16H17N3O/c1-17-13-8-9-18-14(10-13)11-19-15-5-3-2-4-12(15)6-7-16(19)20/h2-5,8-10H,6-7,11H2,1H3,(H,17,18). The van der Waals surface area contributed by atoms with Gasteiger partial charge in [0.15, 0.2) is 0 Å². The molecule has 0 fully saturated rings. The minimum atomic E-state index is 0.167. The average molecular weight is 267 g/mol. The van der Waals surface area contributed by atoms with Gasteiger partial charge in [0.05, 0.1) is 12.2 Å². The first-order valence-electron chi connectivity index (χ1n) is 6.79. The van der Waals surface area contributed by atoms with Gasteiger partial charge in [0.25, 0.3) is 0 Å². The van der Waals surface area contributed by atoms with E-state index in [-0.39, 0.29) is 5.91 Å². The maximum Gasteiger partial charge on any atom is 0.227 e. The molecule has 0 unspecified atom stereocenters. The van der Waals surface area contributed by atoms with Gasteiger partial charge in [-0.1, -0.05) is 18.2 Å². The summed E-state index contributed by atoms with van der Waals surface area (Å²) < 4.78 is 0. The van der Waals surface area contributed by atoms with Crippen LogP contribution in [0.2, 0.25) is 0 Å². The van der Waals surface area contributed by atoms with Gasteiger partial charge in [0, 0.05) is 31.0 Å². The predicted molar refractivity (Wildman–Crippen MR) is 79.7 cm³/mol. The van der Waals surface area contributed by atoms with E-state index in [9.17, 15) is 4.79 Å². The second kappa shape index (κ2) is 5.33. The highest BCUT2D eigenvalue weighted by atomic mass is 16.2. The molecule has 3 rings (SSSR count). The molecule has 0 aliphatic carbocycles. The van der Waals surface area contributed by atoms with Gasteiger partial charge in [0.2, 0.25) is 5.91 Å². The van der Waals surface area contributed by atoms with Crippen LogP contribution in [0.25, 0.3) is 0 Å². The second-order valence-corrected chi connectivity index (χ2v) is 4.89. The highest BCUT2D eigenvalue weighted by molar-refractivity contribution is 5.96. The molecule has 1 aromatic heterocycles. The number of fused-ring (bicyclic) bond motifs is 1. The van der Waals surface area contributed by atoms with Crippen LogP contribution in [-0.4, -0.2) is 17.9 Å². The molecule has 1 amide bonds. The van der Waals surface area contributed by atoms with E-state index in [2.05, 4.69) is 16.4 Å². The molecular weight excluding hydrogens is 250 g/mol. The van der Waals surface area contributed by atoms with E-state index in [0.29, 0.717) is 13.0 Å². The molecule has 1 N–H and O–H groups in total. The molecule has 0 saturated carbocycles. The lowest BCUT2D eigenvalue weighted by Crippen LogP contribution is -2.34. The Balaban J connectivity index is 1.91. The lowest BCUT2D eigenvalue weighted by Gasteiger charge is -2.29. The van der Waals surface area contributed by atoms with Crippen molar-refractivity contribution in [1.29, 1.82) is 0 Å². The fraction of sp³-hybridized carbons (Fsp3) is 0.250. The maximum atomic E-state index is 12.2. The van der Waals surface area contributed by atoms with E-state index in [4.69, 9.17) is 0 Å². The number of carbonyl (C=O) groups excluding carboxylic acids is 1. The number of carbonyl (C=O) groups is 1. The Labute approximate surface area is 118 Å². The summed E-state index contributed by atoms with van der Waals surface area (Å²) in [5.74, 6) is 0.167. The smallest absolute Gasteiger partial charge is 0.227 e. The van der Waals surface area contributed by atoms with E-state index in [1.807, 2.05) is 42.3 Å². The van der Waals surface area contributed by atoms with Crippen LogP contribution in [0.5, 0.6) is 0 Å². The number of nitrogens with zero attached hydrogens (tertiary/aromatic N) is 2. The molecule has 4 heteroatoms. The van der Waals surface area contributed by atoms with Crippen LogP contribution < -0.4 is 10.2 Å². The van der Waals surface area contributed by atoms with Crippen LogP contribution in [0.1, 0.15) is 17.7 Å². The number of nitrogens with one attached hydrogen (secondary N) is 1. The molecule has 0 atom stereocenters. The normalized spacial score (nSPS) is 14.1. The number of para-hydroxylation sites is 1. The molecule has 2 aromatic rings. The summed E-state index contributed by atoms with van der Waals surface area (Å²) in [5.41, 5.74) is 4.15. The van der Waals surface area contributed by atoms with Gasteiger partial charge >= 0.3 is 0 Å².